The zero-order chi connectivity index (χ0) is 20.6. The molecule has 0 spiro atoms. The summed E-state index contributed by atoms with van der Waals surface area (Å²) in [6.07, 6.45) is 1.68. The predicted molar refractivity (Wildman–Crippen MR) is 116 cm³/mol. The molecule has 3 rings (SSSR count). The SMILES string of the molecule is CCCOc1ccc(CNC(=O)Cc2ccc3nc(NC(=O)CC)sc3c2)cc1. The van der Waals surface area contributed by atoms with Gasteiger partial charge in [-0.05, 0) is 41.8 Å². The van der Waals surface area contributed by atoms with Gasteiger partial charge < -0.3 is 15.4 Å². The number of rotatable bonds is 9. The minimum Gasteiger partial charge on any atom is -0.494 e. The van der Waals surface area contributed by atoms with E-state index in [1.807, 2.05) is 42.5 Å². The standard InChI is InChI=1S/C22H25N3O3S/c1-3-11-28-17-8-5-15(6-9-17)14-23-21(27)13-16-7-10-18-19(12-16)29-22(24-18)25-20(26)4-2/h5-10,12H,3-4,11,13-14H2,1-2H3,(H,23,27)(H,24,25,26). The summed E-state index contributed by atoms with van der Waals surface area (Å²) in [4.78, 5) is 28.2. The number of hydrogen-bond donors (Lipinski definition) is 2. The molecule has 2 amide bonds. The Morgan fingerprint density at radius 3 is 2.52 bits per heavy atom. The summed E-state index contributed by atoms with van der Waals surface area (Å²) in [7, 11) is 0. The molecule has 0 aliphatic heterocycles. The van der Waals surface area contributed by atoms with Crippen molar-refractivity contribution in [3.8, 4) is 5.75 Å². The van der Waals surface area contributed by atoms with E-state index in [0.717, 1.165) is 33.5 Å². The molecule has 0 aliphatic carbocycles. The van der Waals surface area contributed by atoms with Crippen LogP contribution in [-0.4, -0.2) is 23.4 Å². The van der Waals surface area contributed by atoms with Gasteiger partial charge in [0.15, 0.2) is 5.13 Å². The third kappa shape index (κ3) is 6.02. The first-order valence-corrected chi connectivity index (χ1v) is 10.6. The van der Waals surface area contributed by atoms with Crippen LogP contribution in [0.25, 0.3) is 10.2 Å². The first-order valence-electron chi connectivity index (χ1n) is 9.75. The second-order valence-electron chi connectivity index (χ2n) is 6.67. The summed E-state index contributed by atoms with van der Waals surface area (Å²) in [6, 6.07) is 13.5. The Morgan fingerprint density at radius 1 is 1.03 bits per heavy atom. The molecular weight excluding hydrogens is 386 g/mol. The molecule has 0 bridgehead atoms. The Labute approximate surface area is 174 Å². The third-order valence-corrected chi connectivity index (χ3v) is 5.20. The highest BCUT2D eigenvalue weighted by Gasteiger charge is 2.09. The largest absolute Gasteiger partial charge is 0.494 e. The highest BCUT2D eigenvalue weighted by atomic mass is 32.1. The predicted octanol–water partition coefficient (Wildman–Crippen LogP) is 4.29. The van der Waals surface area contributed by atoms with Gasteiger partial charge in [0, 0.05) is 13.0 Å². The van der Waals surface area contributed by atoms with Gasteiger partial charge in [0.05, 0.1) is 23.2 Å². The van der Waals surface area contributed by atoms with Gasteiger partial charge in [-0.15, -0.1) is 0 Å². The summed E-state index contributed by atoms with van der Waals surface area (Å²) < 4.78 is 6.51. The van der Waals surface area contributed by atoms with Crippen LogP contribution in [0.3, 0.4) is 0 Å². The number of fused-ring (bicyclic) bond motifs is 1. The van der Waals surface area contributed by atoms with Crippen molar-refractivity contribution in [1.82, 2.24) is 10.3 Å². The van der Waals surface area contributed by atoms with Crippen molar-refractivity contribution in [1.29, 1.82) is 0 Å². The van der Waals surface area contributed by atoms with Gasteiger partial charge in [-0.2, -0.15) is 0 Å². The van der Waals surface area contributed by atoms with Crippen LogP contribution in [0, 0.1) is 0 Å². The van der Waals surface area contributed by atoms with Gasteiger partial charge in [-0.3, -0.25) is 9.59 Å². The fraction of sp³-hybridized carbons (Fsp3) is 0.318. The van der Waals surface area contributed by atoms with Gasteiger partial charge in [0.25, 0.3) is 0 Å². The highest BCUT2D eigenvalue weighted by molar-refractivity contribution is 7.22. The molecule has 152 valence electrons. The number of hydrogen-bond acceptors (Lipinski definition) is 5. The lowest BCUT2D eigenvalue weighted by Gasteiger charge is -2.08. The van der Waals surface area contributed by atoms with Gasteiger partial charge in [-0.1, -0.05) is 43.4 Å². The summed E-state index contributed by atoms with van der Waals surface area (Å²) in [5.74, 6) is 0.739. The molecule has 3 aromatic rings. The normalized spacial score (nSPS) is 10.7. The van der Waals surface area contributed by atoms with Crippen molar-refractivity contribution in [3.05, 3.63) is 53.6 Å². The van der Waals surface area contributed by atoms with E-state index in [9.17, 15) is 9.59 Å². The molecule has 2 aromatic carbocycles. The molecule has 0 fully saturated rings. The summed E-state index contributed by atoms with van der Waals surface area (Å²) in [6.45, 7) is 5.04. The molecular formula is C22H25N3O3S. The molecule has 7 heteroatoms. The number of anilines is 1. The van der Waals surface area contributed by atoms with Crippen LogP contribution in [0.1, 0.15) is 37.8 Å². The quantitative estimate of drug-likeness (QED) is 0.550. The van der Waals surface area contributed by atoms with E-state index < -0.39 is 0 Å². The number of thiazole rings is 1. The number of nitrogens with zero attached hydrogens (tertiary/aromatic N) is 1. The Morgan fingerprint density at radius 2 is 1.79 bits per heavy atom. The van der Waals surface area contributed by atoms with Crippen molar-refractivity contribution in [2.75, 3.05) is 11.9 Å². The van der Waals surface area contributed by atoms with E-state index >= 15 is 0 Å². The summed E-state index contributed by atoms with van der Waals surface area (Å²) in [5.41, 5.74) is 2.75. The van der Waals surface area contributed by atoms with Crippen LogP contribution in [0.4, 0.5) is 5.13 Å². The maximum Gasteiger partial charge on any atom is 0.225 e. The van der Waals surface area contributed by atoms with Crippen LogP contribution in [-0.2, 0) is 22.6 Å². The summed E-state index contributed by atoms with van der Waals surface area (Å²) >= 11 is 1.41. The molecule has 29 heavy (non-hydrogen) atoms. The molecule has 2 N–H and O–H groups in total. The third-order valence-electron chi connectivity index (χ3n) is 4.27. The molecule has 0 atom stereocenters. The van der Waals surface area contributed by atoms with Crippen LogP contribution in [0.5, 0.6) is 5.75 Å². The average molecular weight is 412 g/mol. The molecule has 6 nitrogen and oxygen atoms in total. The molecule has 0 unspecified atom stereocenters. The Bertz CT molecular complexity index is 983. The monoisotopic (exact) mass is 411 g/mol. The first kappa shape index (κ1) is 20.8. The zero-order valence-electron chi connectivity index (χ0n) is 16.7. The number of carbonyl (C=O) groups excluding carboxylic acids is 2. The lowest BCUT2D eigenvalue weighted by Crippen LogP contribution is -2.24. The smallest absolute Gasteiger partial charge is 0.225 e. The number of benzene rings is 2. The van der Waals surface area contributed by atoms with Gasteiger partial charge in [0.2, 0.25) is 11.8 Å². The number of carbonyl (C=O) groups is 2. The minimum atomic E-state index is -0.0615. The van der Waals surface area contributed by atoms with E-state index in [1.165, 1.54) is 11.3 Å². The lowest BCUT2D eigenvalue weighted by molar-refractivity contribution is -0.120. The average Bonchev–Trinajstić information content (AvgIpc) is 3.12. The van der Waals surface area contributed by atoms with Crippen LogP contribution in [0.2, 0.25) is 0 Å². The topological polar surface area (TPSA) is 80.3 Å². The number of ether oxygens (including phenoxy) is 1. The fourth-order valence-electron chi connectivity index (χ4n) is 2.71. The maximum absolute atomic E-state index is 12.3. The van der Waals surface area contributed by atoms with Crippen molar-refractivity contribution < 1.29 is 14.3 Å². The van der Waals surface area contributed by atoms with Crippen LogP contribution >= 0.6 is 11.3 Å². The van der Waals surface area contributed by atoms with Gasteiger partial charge in [0.1, 0.15) is 5.75 Å². The molecule has 0 saturated carbocycles. The van der Waals surface area contributed by atoms with E-state index in [1.54, 1.807) is 6.92 Å². The van der Waals surface area contributed by atoms with Gasteiger partial charge in [-0.25, -0.2) is 4.98 Å². The molecule has 0 radical (unpaired) electrons. The van der Waals surface area contributed by atoms with E-state index in [-0.39, 0.29) is 11.8 Å². The second kappa shape index (κ2) is 10.0. The molecule has 0 saturated heterocycles. The Kier molecular flexibility index (Phi) is 7.19. The molecule has 1 aromatic heterocycles. The van der Waals surface area contributed by atoms with Crippen molar-refractivity contribution in [3.63, 3.8) is 0 Å². The Hall–Kier alpha value is -2.93. The van der Waals surface area contributed by atoms with E-state index in [4.69, 9.17) is 4.74 Å². The van der Waals surface area contributed by atoms with Crippen molar-refractivity contribution >= 4 is 38.5 Å². The molecule has 1 heterocycles. The summed E-state index contributed by atoms with van der Waals surface area (Å²) in [5, 5.41) is 6.31. The van der Waals surface area contributed by atoms with E-state index in [0.29, 0.717) is 31.1 Å². The Balaban J connectivity index is 1.54. The number of amides is 2. The van der Waals surface area contributed by atoms with E-state index in [2.05, 4.69) is 22.5 Å². The van der Waals surface area contributed by atoms with Crippen LogP contribution < -0.4 is 15.4 Å². The number of nitrogens with one attached hydrogen (secondary N) is 2. The number of aromatic nitrogens is 1. The molecule has 0 aliphatic rings. The van der Waals surface area contributed by atoms with Crippen molar-refractivity contribution in [2.45, 2.75) is 39.7 Å². The maximum atomic E-state index is 12.3. The minimum absolute atomic E-state index is 0.0420. The highest BCUT2D eigenvalue weighted by Crippen LogP contribution is 2.27. The fourth-order valence-corrected chi connectivity index (χ4v) is 3.66. The van der Waals surface area contributed by atoms with Crippen LogP contribution in [0.15, 0.2) is 42.5 Å². The van der Waals surface area contributed by atoms with Crippen molar-refractivity contribution in [2.24, 2.45) is 0 Å². The lowest BCUT2D eigenvalue weighted by atomic mass is 10.1. The second-order valence-corrected chi connectivity index (χ2v) is 7.70. The zero-order valence-corrected chi connectivity index (χ0v) is 17.5. The first-order chi connectivity index (χ1) is 14.1. The van der Waals surface area contributed by atoms with Gasteiger partial charge >= 0.3 is 0 Å².